The van der Waals surface area contributed by atoms with E-state index in [1.165, 1.54) is 0 Å². The Morgan fingerprint density at radius 3 is 2.70 bits per heavy atom. The van der Waals surface area contributed by atoms with Crippen LogP contribution < -0.4 is 0 Å². The Labute approximate surface area is 139 Å². The quantitative estimate of drug-likeness (QED) is 0.499. The lowest BCUT2D eigenvalue weighted by atomic mass is 10.2. The normalized spacial score (nSPS) is 11.2. The molecule has 0 saturated carbocycles. The van der Waals surface area contributed by atoms with E-state index in [2.05, 4.69) is 60.5 Å². The molecule has 0 amide bonds. The molecule has 0 aliphatic heterocycles. The first-order valence-corrected chi connectivity index (χ1v) is 8.22. The second-order valence-corrected chi connectivity index (χ2v) is 6.57. The average molecular weight is 415 g/mol. The van der Waals surface area contributed by atoms with Crippen molar-refractivity contribution in [1.29, 1.82) is 0 Å². The lowest BCUT2D eigenvalue weighted by molar-refractivity contribution is 0.976. The monoisotopic (exact) mass is 412 g/mol. The fraction of sp³-hybridized carbons (Fsp3) is 0.133. The van der Waals surface area contributed by atoms with Gasteiger partial charge in [0.15, 0.2) is 0 Å². The smallest absolute Gasteiger partial charge is 0.129 e. The molecule has 0 fully saturated rings. The Balaban J connectivity index is 2.37. The summed E-state index contributed by atoms with van der Waals surface area (Å²) in [6.07, 6.45) is 0. The highest BCUT2D eigenvalue weighted by molar-refractivity contribution is 9.11. The van der Waals surface area contributed by atoms with Gasteiger partial charge in [-0.1, -0.05) is 28.1 Å². The summed E-state index contributed by atoms with van der Waals surface area (Å²) in [6, 6.07) is 12.3. The minimum atomic E-state index is 0.372. The maximum atomic E-state index is 6.08. The molecule has 0 N–H and O–H groups in total. The van der Waals surface area contributed by atoms with Gasteiger partial charge in [-0.15, -0.1) is 11.6 Å². The molecule has 1 aromatic heterocycles. The Kier molecular flexibility index (Phi) is 3.89. The van der Waals surface area contributed by atoms with Crippen LogP contribution in [0.25, 0.3) is 16.7 Å². The van der Waals surface area contributed by atoms with Crippen LogP contribution in [-0.2, 0) is 5.88 Å². The maximum Gasteiger partial charge on any atom is 0.129 e. The van der Waals surface area contributed by atoms with Crippen LogP contribution in [0.5, 0.6) is 0 Å². The van der Waals surface area contributed by atoms with Gasteiger partial charge in [0.25, 0.3) is 0 Å². The highest BCUT2D eigenvalue weighted by Crippen LogP contribution is 2.30. The van der Waals surface area contributed by atoms with Crippen molar-refractivity contribution in [2.75, 3.05) is 0 Å². The lowest BCUT2D eigenvalue weighted by Crippen LogP contribution is -2.00. The largest absolute Gasteiger partial charge is 0.294 e. The summed E-state index contributed by atoms with van der Waals surface area (Å²) in [5.74, 6) is 1.22. The SMILES string of the molecule is Cc1cccc2c1nc(CCl)n2-c1ccc(Br)cc1Br. The number of imidazole rings is 1. The zero-order valence-electron chi connectivity index (χ0n) is 10.7. The maximum absolute atomic E-state index is 6.08. The number of para-hydroxylation sites is 1. The van der Waals surface area contributed by atoms with Crippen molar-refractivity contribution in [3.05, 3.63) is 56.7 Å². The third-order valence-electron chi connectivity index (χ3n) is 3.23. The van der Waals surface area contributed by atoms with Gasteiger partial charge in [0, 0.05) is 8.95 Å². The zero-order valence-corrected chi connectivity index (χ0v) is 14.6. The number of nitrogens with zero attached hydrogens (tertiary/aromatic N) is 2. The van der Waals surface area contributed by atoms with E-state index in [-0.39, 0.29) is 0 Å². The van der Waals surface area contributed by atoms with Crippen LogP contribution in [0.15, 0.2) is 45.3 Å². The van der Waals surface area contributed by atoms with Gasteiger partial charge in [0.05, 0.1) is 22.6 Å². The molecule has 0 aliphatic carbocycles. The molecule has 2 aromatic carbocycles. The fourth-order valence-corrected chi connectivity index (χ4v) is 3.71. The van der Waals surface area contributed by atoms with Crippen LogP contribution in [0, 0.1) is 6.92 Å². The van der Waals surface area contributed by atoms with Crippen LogP contribution in [0.1, 0.15) is 11.4 Å². The predicted octanol–water partition coefficient (Wildman–Crippen LogP) is 5.60. The number of alkyl halides is 1. The van der Waals surface area contributed by atoms with E-state index in [1.807, 2.05) is 24.3 Å². The standard InChI is InChI=1S/C15H11Br2ClN2/c1-9-3-2-4-13-15(9)19-14(8-18)20(13)12-6-5-10(16)7-11(12)17/h2-7H,8H2,1H3. The van der Waals surface area contributed by atoms with E-state index < -0.39 is 0 Å². The summed E-state index contributed by atoms with van der Waals surface area (Å²) in [6.45, 7) is 2.06. The van der Waals surface area contributed by atoms with Crippen LogP contribution in [0.4, 0.5) is 0 Å². The van der Waals surface area contributed by atoms with Crippen molar-refractivity contribution in [1.82, 2.24) is 9.55 Å². The molecule has 1 heterocycles. The molecule has 0 radical (unpaired) electrons. The molecule has 2 nitrogen and oxygen atoms in total. The number of benzene rings is 2. The summed E-state index contributed by atoms with van der Waals surface area (Å²) < 4.78 is 4.13. The number of halogens is 3. The molecular weight excluding hydrogens is 403 g/mol. The molecule has 0 spiro atoms. The van der Waals surface area contributed by atoms with E-state index in [0.29, 0.717) is 5.88 Å². The van der Waals surface area contributed by atoms with Crippen molar-refractivity contribution in [3.8, 4) is 5.69 Å². The number of aromatic nitrogens is 2. The Morgan fingerprint density at radius 1 is 1.20 bits per heavy atom. The first kappa shape index (κ1) is 14.1. The molecule has 0 unspecified atom stereocenters. The zero-order chi connectivity index (χ0) is 14.3. The molecule has 0 atom stereocenters. The van der Waals surface area contributed by atoms with Crippen molar-refractivity contribution in [3.63, 3.8) is 0 Å². The van der Waals surface area contributed by atoms with Gasteiger partial charge in [0.2, 0.25) is 0 Å². The Bertz CT molecular complexity index is 796. The molecule has 20 heavy (non-hydrogen) atoms. The minimum absolute atomic E-state index is 0.372. The van der Waals surface area contributed by atoms with Crippen LogP contribution in [-0.4, -0.2) is 9.55 Å². The van der Waals surface area contributed by atoms with Gasteiger partial charge in [-0.3, -0.25) is 4.57 Å². The molecule has 3 aromatic rings. The van der Waals surface area contributed by atoms with Gasteiger partial charge in [-0.2, -0.15) is 0 Å². The summed E-state index contributed by atoms with van der Waals surface area (Å²) in [4.78, 5) is 4.67. The van der Waals surface area contributed by atoms with Gasteiger partial charge in [-0.05, 0) is 52.7 Å². The number of fused-ring (bicyclic) bond motifs is 1. The fourth-order valence-electron chi connectivity index (χ4n) is 2.31. The van der Waals surface area contributed by atoms with E-state index in [0.717, 1.165) is 37.1 Å². The van der Waals surface area contributed by atoms with E-state index in [1.54, 1.807) is 0 Å². The van der Waals surface area contributed by atoms with Crippen molar-refractivity contribution in [2.24, 2.45) is 0 Å². The van der Waals surface area contributed by atoms with Gasteiger partial charge in [0.1, 0.15) is 5.82 Å². The molecule has 0 bridgehead atoms. The third-order valence-corrected chi connectivity index (χ3v) is 4.59. The highest BCUT2D eigenvalue weighted by Gasteiger charge is 2.15. The van der Waals surface area contributed by atoms with E-state index >= 15 is 0 Å². The van der Waals surface area contributed by atoms with Gasteiger partial charge < -0.3 is 0 Å². The molecule has 102 valence electrons. The first-order chi connectivity index (χ1) is 9.61. The van der Waals surface area contributed by atoms with Crippen LogP contribution >= 0.6 is 43.5 Å². The van der Waals surface area contributed by atoms with Crippen LogP contribution in [0.3, 0.4) is 0 Å². The lowest BCUT2D eigenvalue weighted by Gasteiger charge is -2.10. The highest BCUT2D eigenvalue weighted by atomic mass is 79.9. The molecule has 3 rings (SSSR count). The molecular formula is C15H11Br2ClN2. The average Bonchev–Trinajstić information content (AvgIpc) is 2.79. The second kappa shape index (κ2) is 5.51. The number of rotatable bonds is 2. The third kappa shape index (κ3) is 2.30. The summed E-state index contributed by atoms with van der Waals surface area (Å²) in [5.41, 5.74) is 4.26. The molecule has 0 aliphatic rings. The topological polar surface area (TPSA) is 17.8 Å². The number of hydrogen-bond donors (Lipinski definition) is 0. The molecule has 0 saturated heterocycles. The van der Waals surface area contributed by atoms with Crippen molar-refractivity contribution >= 4 is 54.5 Å². The van der Waals surface area contributed by atoms with E-state index in [9.17, 15) is 0 Å². The van der Waals surface area contributed by atoms with Gasteiger partial charge in [-0.25, -0.2) is 4.98 Å². The summed E-state index contributed by atoms with van der Waals surface area (Å²) in [7, 11) is 0. The second-order valence-electron chi connectivity index (χ2n) is 4.54. The molecule has 5 heteroatoms. The minimum Gasteiger partial charge on any atom is -0.294 e. The van der Waals surface area contributed by atoms with E-state index in [4.69, 9.17) is 11.6 Å². The Hall–Kier alpha value is -0.840. The predicted molar refractivity (Wildman–Crippen MR) is 90.8 cm³/mol. The van der Waals surface area contributed by atoms with Crippen molar-refractivity contribution in [2.45, 2.75) is 12.8 Å². The first-order valence-electron chi connectivity index (χ1n) is 6.10. The van der Waals surface area contributed by atoms with Crippen LogP contribution in [0.2, 0.25) is 0 Å². The number of aryl methyl sites for hydroxylation is 1. The number of hydrogen-bond acceptors (Lipinski definition) is 1. The van der Waals surface area contributed by atoms with Gasteiger partial charge >= 0.3 is 0 Å². The summed E-state index contributed by atoms with van der Waals surface area (Å²) >= 11 is 13.2. The van der Waals surface area contributed by atoms with Crippen molar-refractivity contribution < 1.29 is 0 Å². The summed E-state index contributed by atoms with van der Waals surface area (Å²) in [5, 5.41) is 0. The Morgan fingerprint density at radius 2 is 2.00 bits per heavy atom.